The van der Waals surface area contributed by atoms with Crippen molar-refractivity contribution in [3.63, 3.8) is 0 Å². The van der Waals surface area contributed by atoms with Crippen molar-refractivity contribution in [1.29, 1.82) is 0 Å². The average Bonchev–Trinajstić information content (AvgIpc) is 3.03. The van der Waals surface area contributed by atoms with Gasteiger partial charge in [0, 0.05) is 43.3 Å². The number of pyridine rings is 2. The predicted octanol–water partition coefficient (Wildman–Crippen LogP) is 5.32. The Morgan fingerprint density at radius 1 is 0.800 bits per heavy atom. The van der Waals surface area contributed by atoms with E-state index in [4.69, 9.17) is 0 Å². The summed E-state index contributed by atoms with van der Waals surface area (Å²) in [5.41, 5.74) is -0.133. The van der Waals surface area contributed by atoms with Crippen LogP contribution in [0.25, 0.3) is 11.0 Å². The van der Waals surface area contributed by atoms with E-state index in [-0.39, 0.29) is 79.9 Å². The van der Waals surface area contributed by atoms with Gasteiger partial charge >= 0.3 is 6.18 Å². The molecule has 35 heavy (non-hydrogen) atoms. The topological polar surface area (TPSA) is 66.4 Å². The monoisotopic (exact) mass is 572 g/mol. The van der Waals surface area contributed by atoms with Crippen LogP contribution in [0.5, 0.6) is 0 Å². The number of rotatable bonds is 2. The lowest BCUT2D eigenvalue weighted by atomic mass is 10.1. The van der Waals surface area contributed by atoms with Gasteiger partial charge in [0.05, 0.1) is 5.56 Å². The van der Waals surface area contributed by atoms with Crippen LogP contribution in [0.2, 0.25) is 0 Å². The summed E-state index contributed by atoms with van der Waals surface area (Å²) < 4.78 is 38.9. The van der Waals surface area contributed by atoms with Gasteiger partial charge in [-0.3, -0.25) is 9.59 Å². The normalized spacial score (nSPS) is 13.3. The molecule has 6 nitrogen and oxygen atoms in total. The van der Waals surface area contributed by atoms with E-state index in [2.05, 4.69) is 9.97 Å². The third-order valence-electron chi connectivity index (χ3n) is 5.19. The maximum Gasteiger partial charge on any atom is 0.416 e. The van der Waals surface area contributed by atoms with Crippen LogP contribution in [0, 0.1) is 0 Å². The minimum atomic E-state index is -4.51. The molecule has 0 saturated carbocycles. The van der Waals surface area contributed by atoms with E-state index in [1.807, 2.05) is 6.07 Å². The van der Waals surface area contributed by atoms with E-state index in [1.165, 1.54) is 17.0 Å². The maximum atomic E-state index is 13.0. The fraction of sp³-hybridized carbons (Fsp3) is 0.273. The van der Waals surface area contributed by atoms with Crippen molar-refractivity contribution in [2.75, 3.05) is 26.2 Å². The zero-order chi connectivity index (χ0) is 22.0. The van der Waals surface area contributed by atoms with Crippen LogP contribution in [0.15, 0.2) is 54.7 Å². The summed E-state index contributed by atoms with van der Waals surface area (Å²) in [5, 5.41) is 0.827. The number of hydrogen-bond donors (Lipinski definition) is 0. The first-order valence-electron chi connectivity index (χ1n) is 9.80. The van der Waals surface area contributed by atoms with E-state index in [9.17, 15) is 22.8 Å². The minimum absolute atomic E-state index is 0. The lowest BCUT2D eigenvalue weighted by Gasteiger charge is -2.22. The lowest BCUT2D eigenvalue weighted by Crippen LogP contribution is -2.37. The molecule has 1 saturated heterocycles. The Bertz CT molecular complexity index is 1150. The molecule has 192 valence electrons. The second-order valence-electron chi connectivity index (χ2n) is 7.26. The third kappa shape index (κ3) is 7.57. The number of carbonyl (C=O) groups is 2. The van der Waals surface area contributed by atoms with Gasteiger partial charge in [0.2, 0.25) is 0 Å². The van der Waals surface area contributed by atoms with E-state index in [1.54, 1.807) is 29.3 Å². The van der Waals surface area contributed by atoms with Gasteiger partial charge in [-0.1, -0.05) is 6.07 Å². The summed E-state index contributed by atoms with van der Waals surface area (Å²) in [6.45, 7) is 1.27. The number of nitrogens with zero attached hydrogens (tertiary/aromatic N) is 4. The van der Waals surface area contributed by atoms with Crippen molar-refractivity contribution in [3.05, 3.63) is 71.5 Å². The number of hydrogen-bond acceptors (Lipinski definition) is 4. The Balaban J connectivity index is 0.00000289. The zero-order valence-corrected chi connectivity index (χ0v) is 21.4. The van der Waals surface area contributed by atoms with Crippen molar-refractivity contribution in [1.82, 2.24) is 19.8 Å². The molecule has 0 bridgehead atoms. The number of carbonyl (C=O) groups excluding carboxylic acids is 2. The Morgan fingerprint density at radius 2 is 1.46 bits per heavy atom. The molecule has 13 heteroatoms. The highest BCUT2D eigenvalue weighted by molar-refractivity contribution is 5.95. The van der Waals surface area contributed by atoms with Crippen molar-refractivity contribution in [3.8, 4) is 0 Å². The summed E-state index contributed by atoms with van der Waals surface area (Å²) in [6, 6.07) is 11.5. The number of alkyl halides is 3. The van der Waals surface area contributed by atoms with Gasteiger partial charge in [0.15, 0.2) is 5.65 Å². The summed E-state index contributed by atoms with van der Waals surface area (Å²) in [6.07, 6.45) is -2.39. The van der Waals surface area contributed by atoms with Gasteiger partial charge in [-0.25, -0.2) is 9.97 Å². The van der Waals surface area contributed by atoms with Crippen LogP contribution in [0.4, 0.5) is 13.2 Å². The van der Waals surface area contributed by atoms with E-state index in [0.29, 0.717) is 25.2 Å². The standard InChI is InChI=1S/C22H19F3N4O2.4ClH/c23-22(24,25)17-6-1-4-16(14-17)20(30)28-10-3-11-29(13-12-28)21(31)18-8-7-15-5-2-9-26-19(15)27-18;;;;/h1-2,4-9,14H,3,10-13H2;4*1H. The fourth-order valence-corrected chi connectivity index (χ4v) is 3.57. The first kappa shape index (κ1) is 32.7. The second-order valence-corrected chi connectivity index (χ2v) is 7.26. The van der Waals surface area contributed by atoms with Crippen molar-refractivity contribution < 1.29 is 22.8 Å². The zero-order valence-electron chi connectivity index (χ0n) is 18.1. The Labute approximate surface area is 224 Å². The van der Waals surface area contributed by atoms with Crippen LogP contribution >= 0.6 is 49.6 Å². The molecule has 4 rings (SSSR count). The molecule has 1 aliphatic heterocycles. The molecule has 2 amide bonds. The smallest absolute Gasteiger partial charge is 0.337 e. The fourth-order valence-electron chi connectivity index (χ4n) is 3.57. The highest BCUT2D eigenvalue weighted by atomic mass is 35.5. The van der Waals surface area contributed by atoms with E-state index in [0.717, 1.165) is 17.5 Å². The Hall–Kier alpha value is -2.33. The van der Waals surface area contributed by atoms with Gasteiger partial charge in [-0.2, -0.15) is 13.2 Å². The molecule has 0 aliphatic carbocycles. The molecule has 0 N–H and O–H groups in total. The van der Waals surface area contributed by atoms with E-state index < -0.39 is 17.6 Å². The third-order valence-corrected chi connectivity index (χ3v) is 5.19. The lowest BCUT2D eigenvalue weighted by molar-refractivity contribution is -0.137. The van der Waals surface area contributed by atoms with Crippen LogP contribution in [-0.2, 0) is 6.18 Å². The van der Waals surface area contributed by atoms with Crippen molar-refractivity contribution in [2.24, 2.45) is 0 Å². The highest BCUT2D eigenvalue weighted by Crippen LogP contribution is 2.29. The quantitative estimate of drug-likeness (QED) is 0.416. The van der Waals surface area contributed by atoms with Crippen LogP contribution in [-0.4, -0.2) is 57.8 Å². The molecule has 0 radical (unpaired) electrons. The number of fused-ring (bicyclic) bond motifs is 1. The number of aromatic nitrogens is 2. The first-order valence-corrected chi connectivity index (χ1v) is 9.80. The second kappa shape index (κ2) is 13.7. The molecule has 2 aromatic heterocycles. The van der Waals surface area contributed by atoms with Crippen LogP contribution in [0.3, 0.4) is 0 Å². The van der Waals surface area contributed by atoms with E-state index >= 15 is 0 Å². The highest BCUT2D eigenvalue weighted by Gasteiger charge is 2.31. The van der Waals surface area contributed by atoms with Gasteiger partial charge in [0.1, 0.15) is 5.69 Å². The number of benzene rings is 1. The molecule has 3 aromatic rings. The largest absolute Gasteiger partial charge is 0.416 e. The summed E-state index contributed by atoms with van der Waals surface area (Å²) in [5.74, 6) is -0.741. The maximum absolute atomic E-state index is 13.0. The molecule has 0 unspecified atom stereocenters. The van der Waals surface area contributed by atoms with Gasteiger partial charge in [-0.15, -0.1) is 49.6 Å². The SMILES string of the molecule is Cl.Cl.Cl.Cl.O=C(c1cccc(C(F)(F)F)c1)N1CCCN(C(=O)c2ccc3cccnc3n2)CC1. The van der Waals surface area contributed by atoms with Gasteiger partial charge in [0.25, 0.3) is 11.8 Å². The van der Waals surface area contributed by atoms with Gasteiger partial charge < -0.3 is 9.80 Å². The summed E-state index contributed by atoms with van der Waals surface area (Å²) in [4.78, 5) is 37.2. The molecule has 0 atom stereocenters. The number of halogens is 7. The van der Waals surface area contributed by atoms with Crippen molar-refractivity contribution >= 4 is 72.5 Å². The molecule has 1 aliphatic rings. The molecule has 0 spiro atoms. The molecule has 1 fully saturated rings. The number of amides is 2. The summed E-state index contributed by atoms with van der Waals surface area (Å²) >= 11 is 0. The molecular weight excluding hydrogens is 551 g/mol. The summed E-state index contributed by atoms with van der Waals surface area (Å²) in [7, 11) is 0. The minimum Gasteiger partial charge on any atom is -0.337 e. The molecular formula is C22H23Cl4F3N4O2. The van der Waals surface area contributed by atoms with Crippen LogP contribution < -0.4 is 0 Å². The Morgan fingerprint density at radius 3 is 2.11 bits per heavy atom. The molecule has 1 aromatic carbocycles. The van der Waals surface area contributed by atoms with Crippen molar-refractivity contribution in [2.45, 2.75) is 12.6 Å². The first-order chi connectivity index (χ1) is 14.8. The Kier molecular flexibility index (Phi) is 12.8. The molecule has 3 heterocycles. The van der Waals surface area contributed by atoms with Crippen LogP contribution in [0.1, 0.15) is 32.8 Å². The van der Waals surface area contributed by atoms with Gasteiger partial charge in [-0.05, 0) is 48.9 Å². The average molecular weight is 574 g/mol. The predicted molar refractivity (Wildman–Crippen MR) is 136 cm³/mol.